The summed E-state index contributed by atoms with van der Waals surface area (Å²) in [4.78, 5) is 38.6. The van der Waals surface area contributed by atoms with Crippen molar-refractivity contribution in [3.63, 3.8) is 0 Å². The molecule has 1 aromatic rings. The summed E-state index contributed by atoms with van der Waals surface area (Å²) >= 11 is 0. The lowest BCUT2D eigenvalue weighted by atomic mass is 10.2. The van der Waals surface area contributed by atoms with E-state index >= 15 is 0 Å². The van der Waals surface area contributed by atoms with Crippen molar-refractivity contribution >= 4 is 17.6 Å². The number of carbonyl (C=O) groups excluding carboxylic acids is 2. The standard InChI is InChI=1S/C13H17N3O6/c1-7(2)12(18)21-6-8-5-9(17)11(22-8)16-4-3-10(15-20)14-13(16)19/h3-4,7-8,11,20H,5-6H2,1-2H3,(H,14,15,19)/t8-,11+/m0/s1. The molecule has 2 N–H and O–H groups in total. The fourth-order valence-corrected chi connectivity index (χ4v) is 1.95. The van der Waals surface area contributed by atoms with E-state index in [9.17, 15) is 14.4 Å². The van der Waals surface area contributed by atoms with Crippen molar-refractivity contribution in [1.82, 2.24) is 9.55 Å². The maximum Gasteiger partial charge on any atom is 0.352 e. The average molecular weight is 311 g/mol. The van der Waals surface area contributed by atoms with E-state index in [-0.39, 0.29) is 36.5 Å². The number of aromatic nitrogens is 2. The second kappa shape index (κ2) is 6.67. The maximum atomic E-state index is 12.0. The number of nitrogens with zero attached hydrogens (tertiary/aromatic N) is 2. The van der Waals surface area contributed by atoms with E-state index in [1.807, 2.05) is 0 Å². The van der Waals surface area contributed by atoms with Gasteiger partial charge in [0.05, 0.1) is 5.92 Å². The summed E-state index contributed by atoms with van der Waals surface area (Å²) in [6.45, 7) is 3.36. The minimum absolute atomic E-state index is 0.0332. The molecule has 1 aliphatic heterocycles. The Hall–Kier alpha value is -2.26. The van der Waals surface area contributed by atoms with E-state index in [0.717, 1.165) is 4.57 Å². The van der Waals surface area contributed by atoms with E-state index < -0.39 is 18.0 Å². The number of ether oxygens (including phenoxy) is 2. The zero-order chi connectivity index (χ0) is 16.3. The first-order valence-electron chi connectivity index (χ1n) is 6.76. The molecular formula is C13H17N3O6. The van der Waals surface area contributed by atoms with E-state index in [1.165, 1.54) is 12.3 Å². The van der Waals surface area contributed by atoms with Crippen molar-refractivity contribution in [3.05, 3.63) is 22.7 Å². The van der Waals surface area contributed by atoms with Crippen molar-refractivity contribution in [3.8, 4) is 0 Å². The first kappa shape index (κ1) is 16.1. The predicted octanol–water partition coefficient (Wildman–Crippen LogP) is 0.100. The van der Waals surface area contributed by atoms with E-state index in [0.29, 0.717) is 0 Å². The van der Waals surface area contributed by atoms with Crippen LogP contribution in [-0.4, -0.2) is 39.2 Å². The van der Waals surface area contributed by atoms with Crippen LogP contribution < -0.4 is 11.2 Å². The van der Waals surface area contributed by atoms with Crippen LogP contribution in [0, 0.1) is 5.92 Å². The zero-order valence-electron chi connectivity index (χ0n) is 12.2. The summed E-state index contributed by atoms with van der Waals surface area (Å²) in [7, 11) is 0. The lowest BCUT2D eigenvalue weighted by Crippen LogP contribution is -2.30. The van der Waals surface area contributed by atoms with Gasteiger partial charge in [0.15, 0.2) is 17.8 Å². The number of nitrogens with one attached hydrogen (secondary N) is 1. The molecule has 0 bridgehead atoms. The molecule has 1 saturated heterocycles. The first-order chi connectivity index (χ1) is 10.4. The number of carbonyl (C=O) groups is 2. The van der Waals surface area contributed by atoms with Gasteiger partial charge in [0.1, 0.15) is 12.7 Å². The van der Waals surface area contributed by atoms with Crippen LogP contribution in [-0.2, 0) is 19.1 Å². The summed E-state index contributed by atoms with van der Waals surface area (Å²) in [5.74, 6) is -0.983. The Morgan fingerprint density at radius 2 is 2.32 bits per heavy atom. The van der Waals surface area contributed by atoms with Gasteiger partial charge in [0, 0.05) is 12.6 Å². The third-order valence-corrected chi connectivity index (χ3v) is 3.11. The smallest absolute Gasteiger partial charge is 0.352 e. The minimum Gasteiger partial charge on any atom is -0.463 e. The molecule has 0 radical (unpaired) electrons. The number of Topliss-reactive ketones (excluding diaryl/α,β-unsaturated/α-hetero) is 1. The fraction of sp³-hybridized carbons (Fsp3) is 0.538. The molecule has 0 aliphatic carbocycles. The topological polar surface area (TPSA) is 120 Å². The van der Waals surface area contributed by atoms with Gasteiger partial charge in [-0.15, -0.1) is 0 Å². The maximum absolute atomic E-state index is 12.0. The Morgan fingerprint density at radius 1 is 1.59 bits per heavy atom. The molecule has 1 aliphatic rings. The first-order valence-corrected chi connectivity index (χ1v) is 6.76. The summed E-state index contributed by atoms with van der Waals surface area (Å²) in [5, 5.41) is 8.67. The second-order valence-corrected chi connectivity index (χ2v) is 5.18. The normalized spacial score (nSPS) is 21.2. The SMILES string of the molecule is CC(C)C(=O)OC[C@@H]1CC(=O)[C@H](n2ccc(NO)nc2=O)O1. The van der Waals surface area contributed by atoms with Gasteiger partial charge in [0.25, 0.3) is 0 Å². The molecule has 0 amide bonds. The van der Waals surface area contributed by atoms with E-state index in [1.54, 1.807) is 19.3 Å². The number of esters is 1. The van der Waals surface area contributed by atoms with Crippen LogP contribution in [0.3, 0.4) is 0 Å². The molecule has 1 fully saturated rings. The zero-order valence-corrected chi connectivity index (χ0v) is 12.2. The monoisotopic (exact) mass is 311 g/mol. The summed E-state index contributed by atoms with van der Waals surface area (Å²) in [6, 6.07) is 1.32. The number of anilines is 1. The van der Waals surface area contributed by atoms with Gasteiger partial charge in [-0.2, -0.15) is 4.98 Å². The third-order valence-electron chi connectivity index (χ3n) is 3.11. The molecule has 0 aromatic carbocycles. The van der Waals surface area contributed by atoms with Crippen LogP contribution >= 0.6 is 0 Å². The van der Waals surface area contributed by atoms with E-state index in [2.05, 4.69) is 4.98 Å². The fourth-order valence-electron chi connectivity index (χ4n) is 1.95. The number of ketones is 1. The highest BCUT2D eigenvalue weighted by molar-refractivity contribution is 5.83. The Labute approximate surface area is 125 Å². The van der Waals surface area contributed by atoms with Crippen LogP contribution in [0.5, 0.6) is 0 Å². The molecule has 0 spiro atoms. The second-order valence-electron chi connectivity index (χ2n) is 5.18. The highest BCUT2D eigenvalue weighted by Gasteiger charge is 2.36. The van der Waals surface area contributed by atoms with Gasteiger partial charge in [-0.25, -0.2) is 4.79 Å². The molecular weight excluding hydrogens is 294 g/mol. The highest BCUT2D eigenvalue weighted by atomic mass is 16.6. The predicted molar refractivity (Wildman–Crippen MR) is 73.2 cm³/mol. The van der Waals surface area contributed by atoms with Crippen molar-refractivity contribution in [1.29, 1.82) is 0 Å². The lowest BCUT2D eigenvalue weighted by Gasteiger charge is -2.15. The number of hydrogen-bond acceptors (Lipinski definition) is 8. The molecule has 2 heterocycles. The summed E-state index contributed by atoms with van der Waals surface area (Å²) in [6.07, 6.45) is -0.361. The Kier molecular flexibility index (Phi) is 4.88. The molecule has 120 valence electrons. The van der Waals surface area contributed by atoms with Crippen LogP contribution in [0.25, 0.3) is 0 Å². The third kappa shape index (κ3) is 3.49. The van der Waals surface area contributed by atoms with Crippen LogP contribution in [0.15, 0.2) is 17.1 Å². The van der Waals surface area contributed by atoms with Crippen molar-refractivity contribution in [2.24, 2.45) is 5.92 Å². The van der Waals surface area contributed by atoms with Gasteiger partial charge in [-0.3, -0.25) is 24.8 Å². The molecule has 9 heteroatoms. The molecule has 1 aromatic heterocycles. The minimum atomic E-state index is -1.10. The van der Waals surface area contributed by atoms with Crippen molar-refractivity contribution in [2.75, 3.05) is 12.1 Å². The average Bonchev–Trinajstić information content (AvgIpc) is 2.85. The van der Waals surface area contributed by atoms with Crippen LogP contribution in [0.1, 0.15) is 26.5 Å². The van der Waals surface area contributed by atoms with Gasteiger partial charge < -0.3 is 9.47 Å². The summed E-state index contributed by atoms with van der Waals surface area (Å²) in [5.41, 5.74) is 1.00. The quantitative estimate of drug-likeness (QED) is 0.580. The molecule has 22 heavy (non-hydrogen) atoms. The molecule has 2 atom stereocenters. The van der Waals surface area contributed by atoms with Crippen molar-refractivity contribution < 1.29 is 24.3 Å². The van der Waals surface area contributed by atoms with E-state index in [4.69, 9.17) is 14.7 Å². The van der Waals surface area contributed by atoms with Crippen LogP contribution in [0.2, 0.25) is 0 Å². The Morgan fingerprint density at radius 3 is 2.91 bits per heavy atom. The molecule has 2 rings (SSSR count). The van der Waals surface area contributed by atoms with Gasteiger partial charge in [0.2, 0.25) is 0 Å². The lowest BCUT2D eigenvalue weighted by molar-refractivity contribution is -0.152. The molecule has 0 saturated carbocycles. The van der Waals surface area contributed by atoms with Gasteiger partial charge in [-0.05, 0) is 6.07 Å². The summed E-state index contributed by atoms with van der Waals surface area (Å²) < 4.78 is 11.5. The Balaban J connectivity index is 2.04. The molecule has 0 unspecified atom stereocenters. The van der Waals surface area contributed by atoms with Gasteiger partial charge >= 0.3 is 11.7 Å². The molecule has 9 nitrogen and oxygen atoms in total. The Bertz CT molecular complexity index is 626. The van der Waals surface area contributed by atoms with Crippen molar-refractivity contribution in [2.45, 2.75) is 32.6 Å². The van der Waals surface area contributed by atoms with Gasteiger partial charge in [-0.1, -0.05) is 13.8 Å². The highest BCUT2D eigenvalue weighted by Crippen LogP contribution is 2.24. The number of rotatable bonds is 5. The van der Waals surface area contributed by atoms with Crippen LogP contribution in [0.4, 0.5) is 5.82 Å². The number of hydrogen-bond donors (Lipinski definition) is 2. The largest absolute Gasteiger partial charge is 0.463 e.